The van der Waals surface area contributed by atoms with Gasteiger partial charge in [-0.1, -0.05) is 25.1 Å². The molecule has 0 saturated carbocycles. The average Bonchev–Trinajstić information content (AvgIpc) is 2.49. The van der Waals surface area contributed by atoms with Crippen LogP contribution in [0.25, 0.3) is 0 Å². The van der Waals surface area contributed by atoms with E-state index in [9.17, 15) is 0 Å². The van der Waals surface area contributed by atoms with Gasteiger partial charge >= 0.3 is 0 Å². The Labute approximate surface area is 122 Å². The van der Waals surface area contributed by atoms with Crippen LogP contribution >= 0.6 is 0 Å². The van der Waals surface area contributed by atoms with E-state index < -0.39 is 0 Å². The zero-order chi connectivity index (χ0) is 14.8. The number of rotatable bonds is 10. The van der Waals surface area contributed by atoms with Crippen molar-refractivity contribution in [3.63, 3.8) is 0 Å². The summed E-state index contributed by atoms with van der Waals surface area (Å²) in [6.45, 7) is 9.09. The molecule has 4 heteroatoms. The van der Waals surface area contributed by atoms with Crippen molar-refractivity contribution < 1.29 is 14.2 Å². The van der Waals surface area contributed by atoms with E-state index in [4.69, 9.17) is 14.2 Å². The van der Waals surface area contributed by atoms with Crippen LogP contribution < -0.4 is 10.1 Å². The molecule has 0 aliphatic carbocycles. The van der Waals surface area contributed by atoms with E-state index in [-0.39, 0.29) is 12.2 Å². The van der Waals surface area contributed by atoms with E-state index in [1.807, 2.05) is 38.1 Å². The summed E-state index contributed by atoms with van der Waals surface area (Å²) in [6.07, 6.45) is 0.00470. The molecule has 0 amide bonds. The van der Waals surface area contributed by atoms with Crippen LogP contribution in [0.4, 0.5) is 0 Å². The molecule has 0 aliphatic rings. The highest BCUT2D eigenvalue weighted by Gasteiger charge is 2.19. The third kappa shape index (κ3) is 5.49. The molecule has 0 radical (unpaired) electrons. The van der Waals surface area contributed by atoms with Gasteiger partial charge in [0.1, 0.15) is 5.75 Å². The Morgan fingerprint density at radius 1 is 1.20 bits per heavy atom. The molecule has 0 fully saturated rings. The first kappa shape index (κ1) is 17.0. The first-order valence-electron chi connectivity index (χ1n) is 7.29. The molecule has 0 bridgehead atoms. The van der Waals surface area contributed by atoms with Gasteiger partial charge in [-0.2, -0.15) is 0 Å². The van der Waals surface area contributed by atoms with Gasteiger partial charge in [-0.3, -0.25) is 0 Å². The van der Waals surface area contributed by atoms with Crippen molar-refractivity contribution in [3.8, 4) is 5.75 Å². The Balaban J connectivity index is 2.76. The quantitative estimate of drug-likeness (QED) is 0.716. The minimum absolute atomic E-state index is 0.0402. The maximum atomic E-state index is 6.12. The normalized spacial score (nSPS) is 14.0. The Kier molecular flexibility index (Phi) is 8.26. The van der Waals surface area contributed by atoms with Crippen LogP contribution in [-0.2, 0) is 9.47 Å². The molecule has 114 valence electrons. The smallest absolute Gasteiger partial charge is 0.124 e. The molecule has 0 spiro atoms. The summed E-state index contributed by atoms with van der Waals surface area (Å²) in [4.78, 5) is 0. The Bertz CT molecular complexity index is 370. The van der Waals surface area contributed by atoms with Crippen LogP contribution in [0.2, 0.25) is 0 Å². The van der Waals surface area contributed by atoms with Crippen molar-refractivity contribution in [1.29, 1.82) is 0 Å². The third-order valence-electron chi connectivity index (χ3n) is 3.02. The van der Waals surface area contributed by atoms with Crippen LogP contribution in [0.5, 0.6) is 5.75 Å². The number of hydrogen-bond acceptors (Lipinski definition) is 4. The first-order valence-corrected chi connectivity index (χ1v) is 7.29. The number of methoxy groups -OCH3 is 1. The van der Waals surface area contributed by atoms with Gasteiger partial charge in [-0.05, 0) is 26.5 Å². The number of ether oxygens (including phenoxy) is 3. The molecular weight excluding hydrogens is 254 g/mol. The number of benzene rings is 1. The standard InChI is InChI=1S/C16H27NO3/c1-5-17-11-16(20-13(3)12-19-6-2)14-9-7-8-10-15(14)18-4/h7-10,13,16-17H,5-6,11-12H2,1-4H3. The lowest BCUT2D eigenvalue weighted by Gasteiger charge is -2.24. The second-order valence-corrected chi connectivity index (χ2v) is 4.64. The highest BCUT2D eigenvalue weighted by molar-refractivity contribution is 5.35. The second-order valence-electron chi connectivity index (χ2n) is 4.64. The van der Waals surface area contributed by atoms with Crippen molar-refractivity contribution in [1.82, 2.24) is 5.32 Å². The molecular formula is C16H27NO3. The van der Waals surface area contributed by atoms with Gasteiger partial charge in [0.15, 0.2) is 0 Å². The van der Waals surface area contributed by atoms with Gasteiger partial charge in [0.25, 0.3) is 0 Å². The third-order valence-corrected chi connectivity index (χ3v) is 3.02. The molecule has 2 atom stereocenters. The lowest BCUT2D eigenvalue weighted by atomic mass is 10.1. The fourth-order valence-corrected chi connectivity index (χ4v) is 2.04. The molecule has 0 aliphatic heterocycles. The van der Waals surface area contributed by atoms with E-state index >= 15 is 0 Å². The molecule has 0 heterocycles. The maximum Gasteiger partial charge on any atom is 0.124 e. The summed E-state index contributed by atoms with van der Waals surface area (Å²) in [5, 5.41) is 3.34. The minimum atomic E-state index is -0.0402. The summed E-state index contributed by atoms with van der Waals surface area (Å²) < 4.78 is 17.0. The summed E-state index contributed by atoms with van der Waals surface area (Å²) in [5.41, 5.74) is 1.07. The number of likely N-dealkylation sites (N-methyl/N-ethyl adjacent to an activating group) is 1. The van der Waals surface area contributed by atoms with Crippen molar-refractivity contribution in [3.05, 3.63) is 29.8 Å². The number of nitrogens with one attached hydrogen (secondary N) is 1. The molecule has 4 nitrogen and oxygen atoms in total. The van der Waals surface area contributed by atoms with Crippen LogP contribution in [0, 0.1) is 0 Å². The van der Waals surface area contributed by atoms with Crippen LogP contribution in [0.1, 0.15) is 32.4 Å². The van der Waals surface area contributed by atoms with E-state index in [2.05, 4.69) is 12.2 Å². The van der Waals surface area contributed by atoms with Crippen molar-refractivity contribution in [2.24, 2.45) is 0 Å². The van der Waals surface area contributed by atoms with E-state index in [1.54, 1.807) is 7.11 Å². The van der Waals surface area contributed by atoms with Gasteiger partial charge in [0.05, 0.1) is 25.9 Å². The predicted octanol–water partition coefficient (Wildman–Crippen LogP) is 2.79. The van der Waals surface area contributed by atoms with Crippen LogP contribution in [0.3, 0.4) is 0 Å². The van der Waals surface area contributed by atoms with E-state index in [0.29, 0.717) is 13.2 Å². The number of para-hydroxylation sites is 1. The molecule has 1 rings (SSSR count). The Morgan fingerprint density at radius 2 is 1.95 bits per heavy atom. The predicted molar refractivity (Wildman–Crippen MR) is 81.3 cm³/mol. The Morgan fingerprint density at radius 3 is 2.60 bits per heavy atom. The van der Waals surface area contributed by atoms with Gasteiger partial charge < -0.3 is 19.5 Å². The van der Waals surface area contributed by atoms with Gasteiger partial charge in [-0.25, -0.2) is 0 Å². The zero-order valence-corrected chi connectivity index (χ0v) is 13.0. The van der Waals surface area contributed by atoms with Crippen molar-refractivity contribution in [2.45, 2.75) is 33.0 Å². The second kappa shape index (κ2) is 9.75. The van der Waals surface area contributed by atoms with E-state index in [0.717, 1.165) is 24.4 Å². The summed E-state index contributed by atoms with van der Waals surface area (Å²) >= 11 is 0. The molecule has 0 aromatic heterocycles. The summed E-state index contributed by atoms with van der Waals surface area (Å²) in [5.74, 6) is 0.860. The van der Waals surface area contributed by atoms with Gasteiger partial charge in [0.2, 0.25) is 0 Å². The number of hydrogen-bond donors (Lipinski definition) is 1. The van der Waals surface area contributed by atoms with E-state index in [1.165, 1.54) is 0 Å². The summed E-state index contributed by atoms with van der Waals surface area (Å²) in [6, 6.07) is 7.99. The average molecular weight is 281 g/mol. The molecule has 2 unspecified atom stereocenters. The fourth-order valence-electron chi connectivity index (χ4n) is 2.04. The van der Waals surface area contributed by atoms with Crippen molar-refractivity contribution >= 4 is 0 Å². The SMILES string of the molecule is CCNCC(OC(C)COCC)c1ccccc1OC. The first-order chi connectivity index (χ1) is 9.72. The monoisotopic (exact) mass is 281 g/mol. The van der Waals surface area contributed by atoms with Crippen molar-refractivity contribution in [2.75, 3.05) is 33.4 Å². The molecule has 1 N–H and O–H groups in total. The summed E-state index contributed by atoms with van der Waals surface area (Å²) in [7, 11) is 1.69. The Hall–Kier alpha value is -1.10. The highest BCUT2D eigenvalue weighted by Crippen LogP contribution is 2.28. The van der Waals surface area contributed by atoms with Gasteiger partial charge in [0, 0.05) is 18.7 Å². The molecule has 20 heavy (non-hydrogen) atoms. The molecule has 0 saturated heterocycles. The lowest BCUT2D eigenvalue weighted by molar-refractivity contribution is -0.0474. The fraction of sp³-hybridized carbons (Fsp3) is 0.625. The lowest BCUT2D eigenvalue weighted by Crippen LogP contribution is -2.28. The molecule has 1 aromatic carbocycles. The maximum absolute atomic E-state index is 6.12. The molecule has 1 aromatic rings. The van der Waals surface area contributed by atoms with Gasteiger partial charge in [-0.15, -0.1) is 0 Å². The van der Waals surface area contributed by atoms with Crippen LogP contribution in [0.15, 0.2) is 24.3 Å². The minimum Gasteiger partial charge on any atom is -0.496 e. The highest BCUT2D eigenvalue weighted by atomic mass is 16.5. The van der Waals surface area contributed by atoms with Crippen LogP contribution in [-0.4, -0.2) is 39.5 Å². The largest absolute Gasteiger partial charge is 0.496 e. The topological polar surface area (TPSA) is 39.7 Å². The zero-order valence-electron chi connectivity index (χ0n) is 13.0.